The predicted molar refractivity (Wildman–Crippen MR) is 71.2 cm³/mol. The van der Waals surface area contributed by atoms with E-state index in [0.717, 1.165) is 12.5 Å². The standard InChI is InChI=1S/2C4H6O2.C2H3Cl.C2H4/c2*1-3-6-4(2)5;1-2-3;1-2/h2*3H,1H2,2H3;2H,1H2;1-2H2. The minimum Gasteiger partial charge on any atom is -0.435 e. The molecule has 0 rings (SSSR count). The molecule has 0 atom stereocenters. The van der Waals surface area contributed by atoms with Gasteiger partial charge < -0.3 is 9.47 Å². The van der Waals surface area contributed by atoms with Crippen molar-refractivity contribution in [1.29, 1.82) is 0 Å². The van der Waals surface area contributed by atoms with Crippen LogP contribution in [0.2, 0.25) is 0 Å². The van der Waals surface area contributed by atoms with Gasteiger partial charge in [0.15, 0.2) is 0 Å². The Morgan fingerprint density at radius 3 is 1.12 bits per heavy atom. The lowest BCUT2D eigenvalue weighted by atomic mass is 10.8. The maximum Gasteiger partial charge on any atom is 0.307 e. The second-order valence-corrected chi connectivity index (χ2v) is 2.02. The molecule has 0 aliphatic carbocycles. The Morgan fingerprint density at radius 2 is 1.12 bits per heavy atom. The van der Waals surface area contributed by atoms with E-state index in [2.05, 4.69) is 42.4 Å². The van der Waals surface area contributed by atoms with Crippen molar-refractivity contribution in [3.63, 3.8) is 0 Å². The molecular formula is C12H19ClO4. The van der Waals surface area contributed by atoms with Crippen molar-refractivity contribution in [1.82, 2.24) is 0 Å². The predicted octanol–water partition coefficient (Wildman–Crippen LogP) is 3.56. The molecule has 0 aromatic carbocycles. The minimum absolute atomic E-state index is 0.329. The van der Waals surface area contributed by atoms with E-state index in [0.29, 0.717) is 0 Å². The summed E-state index contributed by atoms with van der Waals surface area (Å²) in [6.45, 7) is 18.1. The van der Waals surface area contributed by atoms with Crippen molar-refractivity contribution in [2.45, 2.75) is 13.8 Å². The van der Waals surface area contributed by atoms with Crippen LogP contribution in [0.25, 0.3) is 0 Å². The van der Waals surface area contributed by atoms with Crippen LogP contribution in [0.3, 0.4) is 0 Å². The van der Waals surface area contributed by atoms with Crippen molar-refractivity contribution in [2.75, 3.05) is 0 Å². The smallest absolute Gasteiger partial charge is 0.307 e. The fourth-order valence-electron chi connectivity index (χ4n) is 0.235. The molecule has 98 valence electrons. The lowest BCUT2D eigenvalue weighted by Gasteiger charge is -1.83. The van der Waals surface area contributed by atoms with Gasteiger partial charge in [0.25, 0.3) is 0 Å². The highest BCUT2D eigenvalue weighted by Crippen LogP contribution is 1.70. The zero-order valence-corrected chi connectivity index (χ0v) is 11.0. The van der Waals surface area contributed by atoms with Gasteiger partial charge in [0.1, 0.15) is 0 Å². The molecule has 0 radical (unpaired) electrons. The molecule has 0 fully saturated rings. The fraction of sp³-hybridized carbons (Fsp3) is 0.167. The summed E-state index contributed by atoms with van der Waals surface area (Å²) in [5.74, 6) is -0.657. The Kier molecular flexibility index (Phi) is 42.0. The van der Waals surface area contributed by atoms with E-state index in [-0.39, 0.29) is 11.9 Å². The van der Waals surface area contributed by atoms with Crippen LogP contribution in [0.15, 0.2) is 51.0 Å². The SMILES string of the molecule is C=C.C=CCl.C=COC(C)=O.C=COC(C)=O. The lowest BCUT2D eigenvalue weighted by molar-refractivity contribution is -0.136. The van der Waals surface area contributed by atoms with Crippen molar-refractivity contribution in [3.8, 4) is 0 Å². The third-order valence-electron chi connectivity index (χ3n) is 0.499. The number of rotatable bonds is 2. The van der Waals surface area contributed by atoms with Gasteiger partial charge in [-0.15, -0.1) is 13.2 Å². The van der Waals surface area contributed by atoms with E-state index in [1.807, 2.05) is 0 Å². The van der Waals surface area contributed by atoms with Gasteiger partial charge in [-0.05, 0) is 5.54 Å². The van der Waals surface area contributed by atoms with Crippen molar-refractivity contribution < 1.29 is 19.1 Å². The molecule has 5 heteroatoms. The molecule has 0 aromatic rings. The molecule has 4 nitrogen and oxygen atoms in total. The first-order valence-electron chi connectivity index (χ1n) is 4.23. The maximum absolute atomic E-state index is 9.75. The van der Waals surface area contributed by atoms with Crippen LogP contribution in [0.4, 0.5) is 0 Å². The average Bonchev–Trinajstić information content (AvgIpc) is 2.22. The van der Waals surface area contributed by atoms with Crippen LogP contribution in [-0.4, -0.2) is 11.9 Å². The first-order valence-corrected chi connectivity index (χ1v) is 4.67. The second-order valence-electron chi connectivity index (χ2n) is 1.71. The van der Waals surface area contributed by atoms with Gasteiger partial charge in [-0.25, -0.2) is 0 Å². The second kappa shape index (κ2) is 29.2. The van der Waals surface area contributed by atoms with E-state index < -0.39 is 0 Å². The maximum atomic E-state index is 9.75. The summed E-state index contributed by atoms with van der Waals surface area (Å²) in [7, 11) is 0. The van der Waals surface area contributed by atoms with E-state index in [1.165, 1.54) is 19.4 Å². The van der Waals surface area contributed by atoms with E-state index in [1.54, 1.807) is 0 Å². The summed E-state index contributed by atoms with van der Waals surface area (Å²) in [5, 5.41) is 0. The zero-order valence-electron chi connectivity index (χ0n) is 10.3. The molecule has 0 saturated carbocycles. The van der Waals surface area contributed by atoms with Crippen LogP contribution in [-0.2, 0) is 19.1 Å². The summed E-state index contributed by atoms with van der Waals surface area (Å²) in [6, 6.07) is 0. The Balaban J connectivity index is -0.0000000727. The number of halogens is 1. The van der Waals surface area contributed by atoms with Gasteiger partial charge in [-0.1, -0.05) is 31.3 Å². The van der Waals surface area contributed by atoms with Crippen molar-refractivity contribution in [2.24, 2.45) is 0 Å². The first-order chi connectivity index (χ1) is 7.95. The minimum atomic E-state index is -0.329. The molecule has 0 saturated heterocycles. The molecule has 0 bridgehead atoms. The van der Waals surface area contributed by atoms with Gasteiger partial charge >= 0.3 is 11.9 Å². The summed E-state index contributed by atoms with van der Waals surface area (Å²) in [4.78, 5) is 19.5. The zero-order chi connectivity index (χ0) is 14.7. The highest BCUT2D eigenvalue weighted by molar-refractivity contribution is 6.25. The van der Waals surface area contributed by atoms with Crippen LogP contribution in [0.5, 0.6) is 0 Å². The summed E-state index contributed by atoms with van der Waals surface area (Å²) in [5.41, 5.74) is 1.22. The lowest BCUT2D eigenvalue weighted by Crippen LogP contribution is -1.87. The van der Waals surface area contributed by atoms with Crippen molar-refractivity contribution in [3.05, 3.63) is 51.0 Å². The molecule has 0 unspecified atom stereocenters. The Labute approximate surface area is 108 Å². The summed E-state index contributed by atoms with van der Waals surface area (Å²) >= 11 is 4.76. The molecular weight excluding hydrogens is 244 g/mol. The van der Waals surface area contributed by atoms with Gasteiger partial charge in [0.05, 0.1) is 12.5 Å². The molecule has 0 spiro atoms. The molecule has 0 aliphatic heterocycles. The molecule has 17 heavy (non-hydrogen) atoms. The quantitative estimate of drug-likeness (QED) is 0.434. The van der Waals surface area contributed by atoms with Crippen LogP contribution in [0.1, 0.15) is 13.8 Å². The molecule has 0 heterocycles. The number of carbonyl (C=O) groups is 2. The number of ether oxygens (including phenoxy) is 2. The summed E-state index contributed by atoms with van der Waals surface area (Å²) in [6.07, 6.45) is 2.20. The number of carbonyl (C=O) groups excluding carboxylic acids is 2. The third kappa shape index (κ3) is 120. The first kappa shape index (κ1) is 24.4. The Morgan fingerprint density at radius 1 is 0.941 bits per heavy atom. The van der Waals surface area contributed by atoms with Crippen molar-refractivity contribution >= 4 is 23.5 Å². The average molecular weight is 263 g/mol. The Hall–Kier alpha value is -1.81. The Bertz CT molecular complexity index is 205. The topological polar surface area (TPSA) is 52.6 Å². The normalized spacial score (nSPS) is 5.82. The highest BCUT2D eigenvalue weighted by atomic mass is 35.5. The molecule has 0 N–H and O–H groups in total. The largest absolute Gasteiger partial charge is 0.435 e. The fourth-order valence-corrected chi connectivity index (χ4v) is 0.235. The number of hydrogen-bond acceptors (Lipinski definition) is 4. The number of esters is 2. The van der Waals surface area contributed by atoms with E-state index >= 15 is 0 Å². The van der Waals surface area contributed by atoms with Gasteiger partial charge in [0, 0.05) is 13.8 Å². The third-order valence-corrected chi connectivity index (χ3v) is 0.499. The van der Waals surface area contributed by atoms with E-state index in [4.69, 9.17) is 11.6 Å². The number of hydrogen-bond donors (Lipinski definition) is 0. The van der Waals surface area contributed by atoms with Crippen LogP contribution >= 0.6 is 11.6 Å². The highest BCUT2D eigenvalue weighted by Gasteiger charge is 1.79. The van der Waals surface area contributed by atoms with E-state index in [9.17, 15) is 9.59 Å². The molecule has 0 aliphatic rings. The monoisotopic (exact) mass is 262 g/mol. The van der Waals surface area contributed by atoms with Gasteiger partial charge in [-0.2, -0.15) is 0 Å². The van der Waals surface area contributed by atoms with Crippen LogP contribution < -0.4 is 0 Å². The van der Waals surface area contributed by atoms with Gasteiger partial charge in [0.2, 0.25) is 0 Å². The summed E-state index contributed by atoms with van der Waals surface area (Å²) < 4.78 is 8.33. The molecule has 0 aromatic heterocycles. The molecule has 0 amide bonds. The van der Waals surface area contributed by atoms with Crippen LogP contribution in [0, 0.1) is 0 Å². The van der Waals surface area contributed by atoms with Gasteiger partial charge in [-0.3, -0.25) is 9.59 Å².